The highest BCUT2D eigenvalue weighted by Gasteiger charge is 2.47. The molecule has 0 radical (unpaired) electrons. The largest absolute Gasteiger partial charge is 0.481 e. The molecule has 1 rings (SSSR count). The van der Waals surface area contributed by atoms with Gasteiger partial charge >= 0.3 is 11.9 Å². The zero-order chi connectivity index (χ0) is 38.0. The maximum atomic E-state index is 11.7. The second kappa shape index (κ2) is 35.3. The molecule has 0 saturated carbocycles. The first-order valence-corrected chi connectivity index (χ1v) is 20.8. The third kappa shape index (κ3) is 27.5. The molecule has 0 aliphatic carbocycles. The van der Waals surface area contributed by atoms with Gasteiger partial charge in [-0.1, -0.05) is 141 Å². The highest BCUT2D eigenvalue weighted by molar-refractivity contribution is 5.71. The Hall–Kier alpha value is -1.78. The fraction of sp³-hybridized carbons (Fsp3) is 0.857. The third-order valence-corrected chi connectivity index (χ3v) is 9.82. The SMILES string of the molecule is CCCCCCCC/C=C\CCCCCCC(C(=O)O)C1O[C@H](CO)[C@@H](O)[C@@H](O)[C@@H]1O.CCCCCCCC/C=C\CCCCCCCC(=O)O. The minimum atomic E-state index is -1.54. The third-order valence-electron chi connectivity index (χ3n) is 9.82. The van der Waals surface area contributed by atoms with E-state index in [9.17, 15) is 35.1 Å². The average molecular weight is 727 g/mol. The number of aliphatic hydroxyl groups excluding tert-OH is 4. The summed E-state index contributed by atoms with van der Waals surface area (Å²) in [6.45, 7) is 3.93. The number of allylic oxidation sites excluding steroid dienone is 4. The van der Waals surface area contributed by atoms with Gasteiger partial charge in [0.2, 0.25) is 0 Å². The van der Waals surface area contributed by atoms with Gasteiger partial charge in [-0.25, -0.2) is 0 Å². The number of carboxylic acid groups (broad SMARTS) is 2. The van der Waals surface area contributed by atoms with Gasteiger partial charge in [-0.05, 0) is 64.2 Å². The molecule has 9 heteroatoms. The number of carboxylic acids is 2. The van der Waals surface area contributed by atoms with Crippen molar-refractivity contribution in [1.29, 1.82) is 0 Å². The van der Waals surface area contributed by atoms with Crippen molar-refractivity contribution in [3.63, 3.8) is 0 Å². The van der Waals surface area contributed by atoms with Crippen molar-refractivity contribution in [3.8, 4) is 0 Å². The van der Waals surface area contributed by atoms with E-state index in [0.717, 1.165) is 44.9 Å². The molecule has 0 aromatic carbocycles. The lowest BCUT2D eigenvalue weighted by atomic mass is 9.85. The molecule has 9 nitrogen and oxygen atoms in total. The zero-order valence-corrected chi connectivity index (χ0v) is 32.5. The van der Waals surface area contributed by atoms with E-state index in [-0.39, 0.29) is 0 Å². The molecule has 0 aromatic rings. The normalized spacial score (nSPS) is 21.2. The lowest BCUT2D eigenvalue weighted by Crippen LogP contribution is -2.61. The van der Waals surface area contributed by atoms with Gasteiger partial charge in [-0.3, -0.25) is 9.59 Å². The summed E-state index contributed by atoms with van der Waals surface area (Å²) in [5, 5.41) is 57.3. The van der Waals surface area contributed by atoms with Crippen LogP contribution in [-0.2, 0) is 14.3 Å². The van der Waals surface area contributed by atoms with E-state index in [2.05, 4.69) is 38.2 Å². The van der Waals surface area contributed by atoms with Crippen LogP contribution in [-0.4, -0.2) is 79.7 Å². The van der Waals surface area contributed by atoms with Gasteiger partial charge in [0.25, 0.3) is 0 Å². The standard InChI is InChI=1S/C24H44O7.C18H34O2/c1-2-3-4-5-6-7-8-9-10-11-12-13-14-15-16-18(24(29)30)23-22(28)21(27)20(26)19(17-25)31-23;1-2-3-4-5-6-7-8-9-10-11-12-13-14-15-16-17-18(19)20/h9-10,18-23,25-28H,2-8,11-17H2,1H3,(H,29,30);9-10H,2-8,11-17H2,1H3,(H,19,20)/b2*10-9-/t18?,19-,20-,21-,22+,23?;/m1./s1. The summed E-state index contributed by atoms with van der Waals surface area (Å²) in [6.07, 6.45) is 33.0. The Bertz CT molecular complexity index is 859. The number of carbonyl (C=O) groups is 2. The van der Waals surface area contributed by atoms with Crippen LogP contribution in [0.4, 0.5) is 0 Å². The number of rotatable bonds is 32. The summed E-state index contributed by atoms with van der Waals surface area (Å²) < 4.78 is 5.42. The predicted molar refractivity (Wildman–Crippen MR) is 207 cm³/mol. The maximum Gasteiger partial charge on any atom is 0.309 e. The summed E-state index contributed by atoms with van der Waals surface area (Å²) in [6, 6.07) is 0. The Kier molecular flexibility index (Phi) is 34.0. The Morgan fingerprint density at radius 1 is 0.549 bits per heavy atom. The summed E-state index contributed by atoms with van der Waals surface area (Å²) in [7, 11) is 0. The van der Waals surface area contributed by atoms with Crippen molar-refractivity contribution >= 4 is 11.9 Å². The maximum absolute atomic E-state index is 11.7. The smallest absolute Gasteiger partial charge is 0.309 e. The first kappa shape index (κ1) is 49.2. The molecular weight excluding hydrogens is 648 g/mol. The quantitative estimate of drug-likeness (QED) is 0.0293. The minimum absolute atomic E-state index is 0.311. The molecule has 0 aromatic heterocycles. The molecular formula is C42H78O9. The zero-order valence-electron chi connectivity index (χ0n) is 32.5. The van der Waals surface area contributed by atoms with E-state index in [0.29, 0.717) is 19.3 Å². The van der Waals surface area contributed by atoms with E-state index in [1.807, 2.05) is 0 Å². The molecule has 6 atom stereocenters. The first-order chi connectivity index (χ1) is 24.7. The van der Waals surface area contributed by atoms with E-state index < -0.39 is 55.0 Å². The first-order valence-electron chi connectivity index (χ1n) is 20.8. The molecule has 1 fully saturated rings. The van der Waals surface area contributed by atoms with Crippen molar-refractivity contribution in [1.82, 2.24) is 0 Å². The van der Waals surface area contributed by atoms with Gasteiger partial charge in [-0.15, -0.1) is 0 Å². The lowest BCUT2D eigenvalue weighted by Gasteiger charge is -2.42. The van der Waals surface area contributed by atoms with Gasteiger partial charge in [0.05, 0.1) is 18.6 Å². The summed E-state index contributed by atoms with van der Waals surface area (Å²) in [4.78, 5) is 22.0. The van der Waals surface area contributed by atoms with E-state index in [1.165, 1.54) is 109 Å². The Morgan fingerprint density at radius 3 is 1.33 bits per heavy atom. The molecule has 0 amide bonds. The van der Waals surface area contributed by atoms with Crippen LogP contribution in [0.1, 0.15) is 187 Å². The lowest BCUT2D eigenvalue weighted by molar-refractivity contribution is -0.242. The molecule has 1 aliphatic rings. The van der Waals surface area contributed by atoms with Gasteiger partial charge in [0.1, 0.15) is 24.4 Å². The molecule has 0 spiro atoms. The Morgan fingerprint density at radius 2 is 0.941 bits per heavy atom. The van der Waals surface area contributed by atoms with Crippen LogP contribution < -0.4 is 0 Å². The van der Waals surface area contributed by atoms with Crippen LogP contribution in [0.25, 0.3) is 0 Å². The van der Waals surface area contributed by atoms with E-state index >= 15 is 0 Å². The molecule has 1 heterocycles. The number of aliphatic hydroxyl groups is 4. The van der Waals surface area contributed by atoms with Gasteiger partial charge in [-0.2, -0.15) is 0 Å². The Labute approximate surface area is 311 Å². The van der Waals surface area contributed by atoms with Crippen LogP contribution in [0.5, 0.6) is 0 Å². The van der Waals surface area contributed by atoms with Gasteiger partial charge in [0.15, 0.2) is 0 Å². The highest BCUT2D eigenvalue weighted by atomic mass is 16.5. The molecule has 1 aliphatic heterocycles. The van der Waals surface area contributed by atoms with Crippen molar-refractivity contribution in [2.75, 3.05) is 6.61 Å². The topological polar surface area (TPSA) is 165 Å². The van der Waals surface area contributed by atoms with Crippen LogP contribution in [0.2, 0.25) is 0 Å². The predicted octanol–water partition coefficient (Wildman–Crippen LogP) is 9.29. The second-order valence-electron chi connectivity index (χ2n) is 14.5. The van der Waals surface area contributed by atoms with Crippen LogP contribution >= 0.6 is 0 Å². The Balaban J connectivity index is 0.00000108. The van der Waals surface area contributed by atoms with E-state index in [1.54, 1.807) is 0 Å². The molecule has 2 unspecified atom stereocenters. The molecule has 300 valence electrons. The van der Waals surface area contributed by atoms with Crippen molar-refractivity contribution in [2.45, 2.75) is 218 Å². The van der Waals surface area contributed by atoms with Gasteiger partial charge < -0.3 is 35.4 Å². The minimum Gasteiger partial charge on any atom is -0.481 e. The summed E-state index contributed by atoms with van der Waals surface area (Å²) >= 11 is 0. The molecule has 0 bridgehead atoms. The number of aliphatic carboxylic acids is 2. The average Bonchev–Trinajstić information content (AvgIpc) is 3.11. The van der Waals surface area contributed by atoms with Crippen molar-refractivity contribution in [2.24, 2.45) is 5.92 Å². The highest BCUT2D eigenvalue weighted by Crippen LogP contribution is 2.29. The molecule has 6 N–H and O–H groups in total. The second-order valence-corrected chi connectivity index (χ2v) is 14.5. The van der Waals surface area contributed by atoms with Crippen molar-refractivity contribution in [3.05, 3.63) is 24.3 Å². The van der Waals surface area contributed by atoms with Crippen LogP contribution in [0.3, 0.4) is 0 Å². The van der Waals surface area contributed by atoms with Gasteiger partial charge in [0, 0.05) is 6.42 Å². The van der Waals surface area contributed by atoms with Crippen LogP contribution in [0.15, 0.2) is 24.3 Å². The molecule has 51 heavy (non-hydrogen) atoms. The fourth-order valence-electron chi connectivity index (χ4n) is 6.50. The number of unbranched alkanes of at least 4 members (excludes halogenated alkanes) is 21. The number of ether oxygens (including phenoxy) is 1. The summed E-state index contributed by atoms with van der Waals surface area (Å²) in [5.74, 6) is -2.77. The van der Waals surface area contributed by atoms with Crippen LogP contribution in [0, 0.1) is 5.92 Å². The summed E-state index contributed by atoms with van der Waals surface area (Å²) in [5.41, 5.74) is 0. The fourth-order valence-corrected chi connectivity index (χ4v) is 6.50. The number of hydrogen-bond donors (Lipinski definition) is 6. The van der Waals surface area contributed by atoms with Crippen molar-refractivity contribution < 1.29 is 45.0 Å². The molecule has 1 saturated heterocycles. The monoisotopic (exact) mass is 727 g/mol. The number of hydrogen-bond acceptors (Lipinski definition) is 7. The van der Waals surface area contributed by atoms with E-state index in [4.69, 9.17) is 9.84 Å².